The van der Waals surface area contributed by atoms with Crippen LogP contribution in [0.2, 0.25) is 0 Å². The molecule has 0 N–H and O–H groups in total. The monoisotopic (exact) mass is 394 g/mol. The van der Waals surface area contributed by atoms with Crippen LogP contribution in [0.5, 0.6) is 17.2 Å². The third-order valence-electron chi connectivity index (χ3n) is 4.11. The lowest BCUT2D eigenvalue weighted by Gasteiger charge is -2.10. The SMILES string of the molecule is C/C=C\C(=C/C)Oc1ccc(/C(=C\c2cc(OC)cc(OC)c2)C(=O)OC)cc1. The predicted octanol–water partition coefficient (Wildman–Crippen LogP) is 5.28. The predicted molar refractivity (Wildman–Crippen MR) is 115 cm³/mol. The molecule has 0 aliphatic rings. The van der Waals surface area contributed by atoms with Gasteiger partial charge in [0, 0.05) is 6.07 Å². The van der Waals surface area contributed by atoms with Crippen molar-refractivity contribution in [2.45, 2.75) is 13.8 Å². The van der Waals surface area contributed by atoms with Crippen molar-refractivity contribution in [3.8, 4) is 17.2 Å². The molecule has 0 unspecified atom stereocenters. The Morgan fingerprint density at radius 2 is 1.48 bits per heavy atom. The fourth-order valence-corrected chi connectivity index (χ4v) is 2.64. The summed E-state index contributed by atoms with van der Waals surface area (Å²) >= 11 is 0. The normalized spacial score (nSPS) is 12.0. The van der Waals surface area contributed by atoms with Gasteiger partial charge in [-0.15, -0.1) is 0 Å². The van der Waals surface area contributed by atoms with E-state index in [0.29, 0.717) is 28.4 Å². The standard InChI is InChI=1S/C24H26O5/c1-6-8-19(7-2)29-20-11-9-18(10-12-20)23(24(25)28-5)15-17-13-21(26-3)16-22(14-17)27-4/h6-16H,1-5H3/b8-6-,19-7+,23-15+. The Bertz CT molecular complexity index is 899. The second-order valence-electron chi connectivity index (χ2n) is 6.01. The number of allylic oxidation sites excluding steroid dienone is 3. The molecular formula is C24H26O5. The molecule has 0 amide bonds. The van der Waals surface area contributed by atoms with Crippen LogP contribution >= 0.6 is 0 Å². The highest BCUT2D eigenvalue weighted by atomic mass is 16.5. The van der Waals surface area contributed by atoms with E-state index >= 15 is 0 Å². The molecule has 5 nitrogen and oxygen atoms in total. The van der Waals surface area contributed by atoms with E-state index in [1.165, 1.54) is 7.11 Å². The highest BCUT2D eigenvalue weighted by Crippen LogP contribution is 2.28. The molecule has 0 atom stereocenters. The van der Waals surface area contributed by atoms with E-state index in [4.69, 9.17) is 18.9 Å². The third kappa shape index (κ3) is 6.01. The molecule has 0 radical (unpaired) electrons. The first-order chi connectivity index (χ1) is 14.0. The molecule has 0 spiro atoms. The first-order valence-electron chi connectivity index (χ1n) is 9.15. The number of benzene rings is 2. The third-order valence-corrected chi connectivity index (χ3v) is 4.11. The summed E-state index contributed by atoms with van der Waals surface area (Å²) in [5.41, 5.74) is 1.87. The Balaban J connectivity index is 2.41. The molecule has 29 heavy (non-hydrogen) atoms. The summed E-state index contributed by atoms with van der Waals surface area (Å²) in [5.74, 6) is 2.24. The van der Waals surface area contributed by atoms with Crippen molar-refractivity contribution in [2.75, 3.05) is 21.3 Å². The van der Waals surface area contributed by atoms with Gasteiger partial charge in [-0.2, -0.15) is 0 Å². The lowest BCUT2D eigenvalue weighted by atomic mass is 10.0. The fourth-order valence-electron chi connectivity index (χ4n) is 2.64. The van der Waals surface area contributed by atoms with Crippen molar-refractivity contribution in [2.24, 2.45) is 0 Å². The number of carbonyl (C=O) groups excluding carboxylic acids is 1. The average molecular weight is 394 g/mol. The van der Waals surface area contributed by atoms with Gasteiger partial charge in [-0.1, -0.05) is 18.2 Å². The van der Waals surface area contributed by atoms with Crippen LogP contribution in [0.3, 0.4) is 0 Å². The van der Waals surface area contributed by atoms with Gasteiger partial charge in [0.05, 0.1) is 26.9 Å². The molecular weight excluding hydrogens is 368 g/mol. The maximum Gasteiger partial charge on any atom is 0.338 e. The van der Waals surface area contributed by atoms with Crippen molar-refractivity contribution in [3.63, 3.8) is 0 Å². The van der Waals surface area contributed by atoms with Gasteiger partial charge in [0.25, 0.3) is 0 Å². The van der Waals surface area contributed by atoms with Crippen molar-refractivity contribution < 1.29 is 23.7 Å². The van der Waals surface area contributed by atoms with Crippen LogP contribution in [0.15, 0.2) is 66.5 Å². The van der Waals surface area contributed by atoms with Crippen LogP contribution in [0.4, 0.5) is 0 Å². The first kappa shape index (κ1) is 21.8. The molecule has 2 aromatic carbocycles. The lowest BCUT2D eigenvalue weighted by Crippen LogP contribution is -2.04. The molecule has 0 aromatic heterocycles. The number of ether oxygens (including phenoxy) is 4. The van der Waals surface area contributed by atoms with Crippen molar-refractivity contribution >= 4 is 17.6 Å². The largest absolute Gasteiger partial charge is 0.497 e. The highest BCUT2D eigenvalue weighted by molar-refractivity contribution is 6.21. The molecule has 5 heteroatoms. The van der Waals surface area contributed by atoms with Crippen LogP contribution in [-0.2, 0) is 9.53 Å². The number of rotatable bonds is 8. The van der Waals surface area contributed by atoms with E-state index in [9.17, 15) is 4.79 Å². The van der Waals surface area contributed by atoms with Gasteiger partial charge < -0.3 is 18.9 Å². The zero-order chi connectivity index (χ0) is 21.2. The highest BCUT2D eigenvalue weighted by Gasteiger charge is 2.14. The molecule has 152 valence electrons. The van der Waals surface area contributed by atoms with Crippen molar-refractivity contribution in [1.29, 1.82) is 0 Å². The summed E-state index contributed by atoms with van der Waals surface area (Å²) in [4.78, 5) is 12.4. The first-order valence-corrected chi connectivity index (χ1v) is 9.15. The minimum absolute atomic E-state index is 0.411. The zero-order valence-corrected chi connectivity index (χ0v) is 17.4. The van der Waals surface area contributed by atoms with Gasteiger partial charge in [-0.05, 0) is 67.5 Å². The summed E-state index contributed by atoms with van der Waals surface area (Å²) in [5, 5.41) is 0. The van der Waals surface area contributed by atoms with E-state index in [1.807, 2.05) is 68.5 Å². The van der Waals surface area contributed by atoms with Crippen molar-refractivity contribution in [1.82, 2.24) is 0 Å². The van der Waals surface area contributed by atoms with Crippen LogP contribution in [0.25, 0.3) is 11.6 Å². The molecule has 0 aliphatic carbocycles. The van der Waals surface area contributed by atoms with Gasteiger partial charge in [-0.3, -0.25) is 0 Å². The Hall–Kier alpha value is -3.47. The lowest BCUT2D eigenvalue weighted by molar-refractivity contribution is -0.133. The van der Waals surface area contributed by atoms with Crippen LogP contribution in [0, 0.1) is 0 Å². The fraction of sp³-hybridized carbons (Fsp3) is 0.208. The van der Waals surface area contributed by atoms with Crippen LogP contribution in [-0.4, -0.2) is 27.3 Å². The van der Waals surface area contributed by atoms with Crippen LogP contribution in [0.1, 0.15) is 25.0 Å². The summed E-state index contributed by atoms with van der Waals surface area (Å²) in [6.45, 7) is 3.83. The second-order valence-corrected chi connectivity index (χ2v) is 6.01. The van der Waals surface area contributed by atoms with E-state index in [2.05, 4.69) is 0 Å². The molecule has 0 saturated carbocycles. The molecule has 2 rings (SSSR count). The van der Waals surface area contributed by atoms with Gasteiger partial charge in [0.15, 0.2) is 0 Å². The van der Waals surface area contributed by atoms with Gasteiger partial charge in [0.2, 0.25) is 0 Å². The van der Waals surface area contributed by atoms with Gasteiger partial charge in [0.1, 0.15) is 23.0 Å². The second kappa shape index (κ2) is 10.8. The molecule has 0 bridgehead atoms. The number of hydrogen-bond acceptors (Lipinski definition) is 5. The average Bonchev–Trinajstić information content (AvgIpc) is 2.76. The summed E-state index contributed by atoms with van der Waals surface area (Å²) in [6, 6.07) is 12.7. The minimum Gasteiger partial charge on any atom is -0.497 e. The molecule has 0 heterocycles. The Morgan fingerprint density at radius 1 is 0.862 bits per heavy atom. The maximum atomic E-state index is 12.4. The summed E-state index contributed by atoms with van der Waals surface area (Å²) < 4.78 is 21.4. The van der Waals surface area contributed by atoms with E-state index < -0.39 is 5.97 Å². The summed E-state index contributed by atoms with van der Waals surface area (Å²) in [6.07, 6.45) is 7.40. The molecule has 0 fully saturated rings. The summed E-state index contributed by atoms with van der Waals surface area (Å²) in [7, 11) is 4.51. The molecule has 0 saturated heterocycles. The Kier molecular flexibility index (Phi) is 8.10. The van der Waals surface area contributed by atoms with E-state index in [-0.39, 0.29) is 0 Å². The molecule has 0 aliphatic heterocycles. The zero-order valence-electron chi connectivity index (χ0n) is 17.4. The minimum atomic E-state index is -0.441. The number of hydrogen-bond donors (Lipinski definition) is 0. The topological polar surface area (TPSA) is 54.0 Å². The Morgan fingerprint density at radius 3 is 1.97 bits per heavy atom. The van der Waals surface area contributed by atoms with Gasteiger partial charge >= 0.3 is 5.97 Å². The quantitative estimate of drug-likeness (QED) is 0.201. The number of methoxy groups -OCH3 is 3. The van der Waals surface area contributed by atoms with E-state index in [0.717, 1.165) is 11.3 Å². The molecule has 2 aromatic rings. The number of esters is 1. The maximum absolute atomic E-state index is 12.4. The number of carbonyl (C=O) groups is 1. The van der Waals surface area contributed by atoms with Crippen molar-refractivity contribution in [3.05, 3.63) is 77.6 Å². The van der Waals surface area contributed by atoms with Gasteiger partial charge in [-0.25, -0.2) is 4.79 Å². The smallest absolute Gasteiger partial charge is 0.338 e. The van der Waals surface area contributed by atoms with Crippen LogP contribution < -0.4 is 14.2 Å². The Labute approximate surface area is 171 Å². The van der Waals surface area contributed by atoms with E-state index in [1.54, 1.807) is 26.4 Å².